The maximum Gasteiger partial charge on any atom is 0.0955 e. The number of hydrogen-bond acceptors (Lipinski definition) is 2. The van der Waals surface area contributed by atoms with Gasteiger partial charge in [0, 0.05) is 18.8 Å². The lowest BCUT2D eigenvalue weighted by Gasteiger charge is -2.00. The van der Waals surface area contributed by atoms with E-state index < -0.39 is 0 Å². The molecule has 1 heterocycles. The summed E-state index contributed by atoms with van der Waals surface area (Å²) in [7, 11) is 1.99. The Labute approximate surface area is 95.1 Å². The van der Waals surface area contributed by atoms with Crippen LogP contribution in [0.4, 0.5) is 0 Å². The molecule has 1 aromatic carbocycles. The van der Waals surface area contributed by atoms with E-state index in [1.54, 1.807) is 0 Å². The van der Waals surface area contributed by atoms with E-state index in [1.165, 1.54) is 0 Å². The molecule has 0 bridgehead atoms. The first-order valence-electron chi connectivity index (χ1n) is 5.35. The molecule has 0 aliphatic rings. The van der Waals surface area contributed by atoms with Gasteiger partial charge < -0.3 is 4.57 Å². The fourth-order valence-corrected chi connectivity index (χ4v) is 1.59. The van der Waals surface area contributed by atoms with E-state index in [1.807, 2.05) is 42.4 Å². The van der Waals surface area contributed by atoms with Gasteiger partial charge in [0.15, 0.2) is 0 Å². The lowest BCUT2D eigenvalue weighted by molar-refractivity contribution is 0.947. The predicted octanol–water partition coefficient (Wildman–Crippen LogP) is 3.02. The van der Waals surface area contributed by atoms with Crippen molar-refractivity contribution in [2.24, 2.45) is 12.0 Å². The number of aromatic nitrogens is 2. The molecule has 1 aromatic heterocycles. The standard InChI is InChI=1S/C13H15N3/c1-4-7-14-10(2)11-5-6-13-12(8-11)15-9-16(13)3/h5-9H,2,4H2,1,3H3. The van der Waals surface area contributed by atoms with Crippen molar-refractivity contribution in [1.29, 1.82) is 0 Å². The summed E-state index contributed by atoms with van der Waals surface area (Å²) in [5.41, 5.74) is 3.91. The second kappa shape index (κ2) is 4.31. The van der Waals surface area contributed by atoms with Crippen LogP contribution in [0.25, 0.3) is 16.7 Å². The lowest BCUT2D eigenvalue weighted by Crippen LogP contribution is -1.85. The van der Waals surface area contributed by atoms with Gasteiger partial charge in [0.1, 0.15) is 0 Å². The third kappa shape index (κ3) is 1.89. The fourth-order valence-electron chi connectivity index (χ4n) is 1.59. The summed E-state index contributed by atoms with van der Waals surface area (Å²) in [6.07, 6.45) is 4.60. The summed E-state index contributed by atoms with van der Waals surface area (Å²) in [6, 6.07) is 6.09. The minimum atomic E-state index is 0.786. The molecule has 82 valence electrons. The molecule has 0 radical (unpaired) electrons. The van der Waals surface area contributed by atoms with Gasteiger partial charge in [-0.15, -0.1) is 0 Å². The van der Waals surface area contributed by atoms with Crippen LogP contribution in [0.2, 0.25) is 0 Å². The molecule has 0 saturated carbocycles. The van der Waals surface area contributed by atoms with Crippen molar-refractivity contribution in [3.63, 3.8) is 0 Å². The van der Waals surface area contributed by atoms with E-state index in [4.69, 9.17) is 0 Å². The van der Waals surface area contributed by atoms with Crippen LogP contribution in [0.5, 0.6) is 0 Å². The Morgan fingerprint density at radius 3 is 3.12 bits per heavy atom. The molecular weight excluding hydrogens is 198 g/mol. The van der Waals surface area contributed by atoms with Crippen molar-refractivity contribution in [3.05, 3.63) is 36.7 Å². The van der Waals surface area contributed by atoms with Crippen molar-refractivity contribution in [3.8, 4) is 0 Å². The van der Waals surface area contributed by atoms with Gasteiger partial charge >= 0.3 is 0 Å². The number of aryl methyl sites for hydroxylation is 1. The second-order valence-electron chi connectivity index (χ2n) is 3.73. The molecule has 2 aromatic rings. The molecule has 0 N–H and O–H groups in total. The topological polar surface area (TPSA) is 30.2 Å². The van der Waals surface area contributed by atoms with Crippen LogP contribution in [0.1, 0.15) is 18.9 Å². The minimum Gasteiger partial charge on any atom is -0.334 e. The van der Waals surface area contributed by atoms with Crippen LogP contribution in [0, 0.1) is 0 Å². The van der Waals surface area contributed by atoms with Crippen LogP contribution in [0.3, 0.4) is 0 Å². The summed E-state index contributed by atoms with van der Waals surface area (Å²) < 4.78 is 2.00. The summed E-state index contributed by atoms with van der Waals surface area (Å²) in [4.78, 5) is 8.58. The van der Waals surface area contributed by atoms with E-state index in [9.17, 15) is 0 Å². The average Bonchev–Trinajstić information content (AvgIpc) is 2.67. The van der Waals surface area contributed by atoms with E-state index >= 15 is 0 Å². The number of benzene rings is 1. The molecule has 0 aliphatic carbocycles. The summed E-state index contributed by atoms with van der Waals surface area (Å²) >= 11 is 0. The van der Waals surface area contributed by atoms with Crippen LogP contribution < -0.4 is 0 Å². The van der Waals surface area contributed by atoms with Gasteiger partial charge in [-0.2, -0.15) is 0 Å². The highest BCUT2D eigenvalue weighted by Crippen LogP contribution is 2.19. The zero-order chi connectivity index (χ0) is 11.5. The molecule has 16 heavy (non-hydrogen) atoms. The maximum absolute atomic E-state index is 4.31. The van der Waals surface area contributed by atoms with Crippen LogP contribution >= 0.6 is 0 Å². The highest BCUT2D eigenvalue weighted by Gasteiger charge is 2.02. The molecule has 0 atom stereocenters. The van der Waals surface area contributed by atoms with Gasteiger partial charge in [-0.25, -0.2) is 4.98 Å². The van der Waals surface area contributed by atoms with Crippen molar-refractivity contribution in [1.82, 2.24) is 9.55 Å². The molecule has 0 spiro atoms. The number of hydrogen-bond donors (Lipinski definition) is 0. The molecule has 0 fully saturated rings. The number of nitrogens with zero attached hydrogens (tertiary/aromatic N) is 3. The number of aliphatic imine (C=N–C) groups is 1. The Morgan fingerprint density at radius 2 is 2.38 bits per heavy atom. The fraction of sp³-hybridized carbons (Fsp3) is 0.231. The molecular formula is C13H15N3. The van der Waals surface area contributed by atoms with Crippen LogP contribution in [0.15, 0.2) is 36.1 Å². The van der Waals surface area contributed by atoms with Crippen LogP contribution in [-0.4, -0.2) is 15.8 Å². The van der Waals surface area contributed by atoms with Gasteiger partial charge in [-0.05, 0) is 18.6 Å². The summed E-state index contributed by atoms with van der Waals surface area (Å²) in [5.74, 6) is 0. The first kappa shape index (κ1) is 10.6. The molecule has 3 nitrogen and oxygen atoms in total. The largest absolute Gasteiger partial charge is 0.334 e. The quantitative estimate of drug-likeness (QED) is 0.721. The highest BCUT2D eigenvalue weighted by atomic mass is 15.0. The molecule has 0 unspecified atom stereocenters. The van der Waals surface area contributed by atoms with E-state index in [-0.39, 0.29) is 0 Å². The van der Waals surface area contributed by atoms with Crippen molar-refractivity contribution in [2.75, 3.05) is 0 Å². The van der Waals surface area contributed by atoms with Gasteiger partial charge in [-0.3, -0.25) is 4.99 Å². The smallest absolute Gasteiger partial charge is 0.0955 e. The Bertz CT molecular complexity index is 549. The Kier molecular flexibility index (Phi) is 2.86. The van der Waals surface area contributed by atoms with Crippen molar-refractivity contribution >= 4 is 22.9 Å². The second-order valence-corrected chi connectivity index (χ2v) is 3.73. The molecule has 3 heteroatoms. The van der Waals surface area contributed by atoms with E-state index in [2.05, 4.69) is 23.5 Å². The SMILES string of the molecule is C=C(N=CCC)c1ccc2c(c1)ncn2C. The first-order valence-corrected chi connectivity index (χ1v) is 5.35. The number of imidazole rings is 1. The zero-order valence-electron chi connectivity index (χ0n) is 9.64. The third-order valence-corrected chi connectivity index (χ3v) is 2.49. The number of fused-ring (bicyclic) bond motifs is 1. The summed E-state index contributed by atoms with van der Waals surface area (Å²) in [6.45, 7) is 6.00. The minimum absolute atomic E-state index is 0.786. The third-order valence-electron chi connectivity index (χ3n) is 2.49. The van der Waals surface area contributed by atoms with Gasteiger partial charge in [-0.1, -0.05) is 19.6 Å². The predicted molar refractivity (Wildman–Crippen MR) is 68.5 cm³/mol. The molecule has 0 amide bonds. The Balaban J connectivity index is 2.39. The number of rotatable bonds is 3. The van der Waals surface area contributed by atoms with Gasteiger partial charge in [0.25, 0.3) is 0 Å². The molecule has 0 aliphatic heterocycles. The van der Waals surface area contributed by atoms with Gasteiger partial charge in [0.05, 0.1) is 23.1 Å². The van der Waals surface area contributed by atoms with Crippen molar-refractivity contribution in [2.45, 2.75) is 13.3 Å². The van der Waals surface area contributed by atoms with Gasteiger partial charge in [0.2, 0.25) is 0 Å². The van der Waals surface area contributed by atoms with E-state index in [0.29, 0.717) is 0 Å². The maximum atomic E-state index is 4.31. The normalized spacial score (nSPS) is 11.4. The molecule has 0 saturated heterocycles. The Morgan fingerprint density at radius 1 is 1.56 bits per heavy atom. The lowest BCUT2D eigenvalue weighted by atomic mass is 10.1. The van der Waals surface area contributed by atoms with Crippen LogP contribution in [-0.2, 0) is 7.05 Å². The monoisotopic (exact) mass is 213 g/mol. The zero-order valence-corrected chi connectivity index (χ0v) is 9.64. The van der Waals surface area contributed by atoms with Crippen molar-refractivity contribution < 1.29 is 0 Å². The average molecular weight is 213 g/mol. The summed E-state index contributed by atoms with van der Waals surface area (Å²) in [5, 5.41) is 0. The Hall–Kier alpha value is -1.90. The van der Waals surface area contributed by atoms with E-state index in [0.717, 1.165) is 28.7 Å². The molecule has 2 rings (SSSR count). The highest BCUT2D eigenvalue weighted by molar-refractivity contribution is 5.82. The first-order chi connectivity index (χ1) is 7.72.